The monoisotopic (exact) mass is 158 g/mol. The Bertz CT molecular complexity index is 142. The lowest BCUT2D eigenvalue weighted by Crippen LogP contribution is -2.20. The van der Waals surface area contributed by atoms with E-state index in [1.165, 1.54) is 0 Å². The fraction of sp³-hybridized carbons (Fsp3) is 0.750. The minimum absolute atomic E-state index is 0.00926. The normalized spacial score (nSPS) is 15.5. The predicted octanol–water partition coefficient (Wildman–Crippen LogP) is 1.32. The standard InChI is InChI=1S/C8H14O3/c1-3-7(4-5-9)6(2)8(10)11/h5-7H,3-4H2,1-2H3,(H,10,11). The maximum absolute atomic E-state index is 10.5. The molecule has 0 aromatic carbocycles. The molecule has 64 valence electrons. The molecule has 0 amide bonds. The highest BCUT2D eigenvalue weighted by Gasteiger charge is 2.20. The van der Waals surface area contributed by atoms with Crippen molar-refractivity contribution in [2.75, 3.05) is 0 Å². The summed E-state index contributed by atoms with van der Waals surface area (Å²) in [5, 5.41) is 8.59. The van der Waals surface area contributed by atoms with Crippen LogP contribution in [0.5, 0.6) is 0 Å². The molecule has 0 bridgehead atoms. The number of carbonyl (C=O) groups is 2. The van der Waals surface area contributed by atoms with Gasteiger partial charge in [-0.3, -0.25) is 4.79 Å². The molecule has 0 aromatic heterocycles. The van der Waals surface area contributed by atoms with Crippen molar-refractivity contribution in [1.82, 2.24) is 0 Å². The Labute approximate surface area is 66.4 Å². The fourth-order valence-electron chi connectivity index (χ4n) is 1.05. The summed E-state index contributed by atoms with van der Waals surface area (Å²) in [6.45, 7) is 3.54. The zero-order chi connectivity index (χ0) is 8.85. The molecule has 3 nitrogen and oxygen atoms in total. The third-order valence-corrected chi connectivity index (χ3v) is 2.02. The van der Waals surface area contributed by atoms with Gasteiger partial charge in [-0.25, -0.2) is 0 Å². The van der Waals surface area contributed by atoms with E-state index < -0.39 is 11.9 Å². The largest absolute Gasteiger partial charge is 0.481 e. The number of rotatable bonds is 5. The van der Waals surface area contributed by atoms with Crippen molar-refractivity contribution in [3.05, 3.63) is 0 Å². The first kappa shape index (κ1) is 10.1. The van der Waals surface area contributed by atoms with E-state index in [4.69, 9.17) is 5.11 Å². The molecule has 11 heavy (non-hydrogen) atoms. The van der Waals surface area contributed by atoms with Crippen LogP contribution >= 0.6 is 0 Å². The van der Waals surface area contributed by atoms with Crippen LogP contribution in [0.15, 0.2) is 0 Å². The number of carboxylic acid groups (broad SMARTS) is 1. The number of hydrogen-bond acceptors (Lipinski definition) is 2. The van der Waals surface area contributed by atoms with Gasteiger partial charge in [0.2, 0.25) is 0 Å². The van der Waals surface area contributed by atoms with Gasteiger partial charge in [0.25, 0.3) is 0 Å². The minimum atomic E-state index is -0.821. The van der Waals surface area contributed by atoms with Crippen LogP contribution in [-0.4, -0.2) is 17.4 Å². The van der Waals surface area contributed by atoms with E-state index in [9.17, 15) is 9.59 Å². The number of hydrogen-bond donors (Lipinski definition) is 1. The predicted molar refractivity (Wildman–Crippen MR) is 41.3 cm³/mol. The second kappa shape index (κ2) is 4.88. The maximum Gasteiger partial charge on any atom is 0.306 e. The van der Waals surface area contributed by atoms with Gasteiger partial charge in [-0.05, 0) is 5.92 Å². The van der Waals surface area contributed by atoms with Crippen LogP contribution < -0.4 is 0 Å². The first-order valence-corrected chi connectivity index (χ1v) is 3.79. The van der Waals surface area contributed by atoms with Crippen molar-refractivity contribution in [1.29, 1.82) is 0 Å². The van der Waals surface area contributed by atoms with Crippen LogP contribution in [-0.2, 0) is 9.59 Å². The quantitative estimate of drug-likeness (QED) is 0.614. The van der Waals surface area contributed by atoms with Crippen molar-refractivity contribution >= 4 is 12.3 Å². The molecule has 2 unspecified atom stereocenters. The second-order valence-electron chi connectivity index (χ2n) is 2.70. The Kier molecular flexibility index (Phi) is 4.50. The van der Waals surface area contributed by atoms with E-state index in [0.717, 1.165) is 12.7 Å². The smallest absolute Gasteiger partial charge is 0.306 e. The molecule has 1 N–H and O–H groups in total. The van der Waals surface area contributed by atoms with Gasteiger partial charge >= 0.3 is 5.97 Å². The van der Waals surface area contributed by atoms with Gasteiger partial charge in [0.05, 0.1) is 5.92 Å². The summed E-state index contributed by atoms with van der Waals surface area (Å²) in [7, 11) is 0. The molecule has 0 radical (unpaired) electrons. The number of aliphatic carboxylic acids is 1. The number of carbonyl (C=O) groups excluding carboxylic acids is 1. The van der Waals surface area contributed by atoms with E-state index in [1.807, 2.05) is 6.92 Å². The third-order valence-electron chi connectivity index (χ3n) is 2.02. The molecule has 0 saturated carbocycles. The van der Waals surface area contributed by atoms with Gasteiger partial charge < -0.3 is 9.90 Å². The zero-order valence-electron chi connectivity index (χ0n) is 6.91. The lowest BCUT2D eigenvalue weighted by molar-refractivity contribution is -0.143. The lowest BCUT2D eigenvalue weighted by Gasteiger charge is -2.15. The van der Waals surface area contributed by atoms with E-state index in [-0.39, 0.29) is 5.92 Å². The van der Waals surface area contributed by atoms with Crippen LogP contribution in [0.4, 0.5) is 0 Å². The molecule has 2 atom stereocenters. The summed E-state index contributed by atoms with van der Waals surface area (Å²) in [6.07, 6.45) is 1.88. The summed E-state index contributed by atoms with van der Waals surface area (Å²) in [6, 6.07) is 0. The Balaban J connectivity index is 4.00. The SMILES string of the molecule is CCC(CC=O)C(C)C(=O)O. The van der Waals surface area contributed by atoms with Gasteiger partial charge in [-0.1, -0.05) is 20.3 Å². The third kappa shape index (κ3) is 3.16. The Morgan fingerprint density at radius 2 is 2.18 bits per heavy atom. The molecule has 0 aliphatic rings. The first-order valence-electron chi connectivity index (χ1n) is 3.79. The highest BCUT2D eigenvalue weighted by atomic mass is 16.4. The maximum atomic E-state index is 10.5. The van der Waals surface area contributed by atoms with Crippen molar-refractivity contribution < 1.29 is 14.7 Å². The summed E-state index contributed by atoms with van der Waals surface area (Å²) >= 11 is 0. The van der Waals surface area contributed by atoms with E-state index in [0.29, 0.717) is 6.42 Å². The lowest BCUT2D eigenvalue weighted by atomic mass is 9.89. The van der Waals surface area contributed by atoms with Crippen molar-refractivity contribution in [3.8, 4) is 0 Å². The topological polar surface area (TPSA) is 54.4 Å². The number of aldehydes is 1. The van der Waals surface area contributed by atoms with Gasteiger partial charge in [0.1, 0.15) is 6.29 Å². The van der Waals surface area contributed by atoms with Crippen LogP contribution in [0.2, 0.25) is 0 Å². The molecule has 0 aliphatic carbocycles. The molecule has 0 saturated heterocycles. The summed E-state index contributed by atoms with van der Waals surface area (Å²) in [4.78, 5) is 20.6. The van der Waals surface area contributed by atoms with Crippen molar-refractivity contribution in [2.45, 2.75) is 26.7 Å². The summed E-state index contributed by atoms with van der Waals surface area (Å²) in [5.41, 5.74) is 0. The van der Waals surface area contributed by atoms with Crippen LogP contribution in [0.3, 0.4) is 0 Å². The molecule has 0 aromatic rings. The Morgan fingerprint density at radius 1 is 1.64 bits per heavy atom. The number of carboxylic acids is 1. The zero-order valence-corrected chi connectivity index (χ0v) is 6.91. The molecule has 0 fully saturated rings. The van der Waals surface area contributed by atoms with E-state index in [2.05, 4.69) is 0 Å². The molecular weight excluding hydrogens is 144 g/mol. The molecule has 0 rings (SSSR count). The second-order valence-corrected chi connectivity index (χ2v) is 2.70. The van der Waals surface area contributed by atoms with E-state index in [1.54, 1.807) is 6.92 Å². The van der Waals surface area contributed by atoms with Crippen LogP contribution in [0, 0.1) is 11.8 Å². The Morgan fingerprint density at radius 3 is 2.45 bits per heavy atom. The fourth-order valence-corrected chi connectivity index (χ4v) is 1.05. The molecule has 0 heterocycles. The van der Waals surface area contributed by atoms with Crippen molar-refractivity contribution in [3.63, 3.8) is 0 Å². The molecule has 0 aliphatic heterocycles. The van der Waals surface area contributed by atoms with Gasteiger partial charge in [-0.2, -0.15) is 0 Å². The molecule has 0 spiro atoms. The first-order chi connectivity index (χ1) is 5.13. The summed E-state index contributed by atoms with van der Waals surface area (Å²) in [5.74, 6) is -1.24. The van der Waals surface area contributed by atoms with Crippen LogP contribution in [0.1, 0.15) is 26.7 Å². The average molecular weight is 158 g/mol. The highest BCUT2D eigenvalue weighted by Crippen LogP contribution is 2.18. The average Bonchev–Trinajstić information content (AvgIpc) is 1.98. The van der Waals surface area contributed by atoms with Gasteiger partial charge in [0, 0.05) is 6.42 Å². The minimum Gasteiger partial charge on any atom is -0.481 e. The van der Waals surface area contributed by atoms with Crippen molar-refractivity contribution in [2.24, 2.45) is 11.8 Å². The molecule has 3 heteroatoms. The summed E-state index contributed by atoms with van der Waals surface area (Å²) < 4.78 is 0. The Hall–Kier alpha value is -0.860. The highest BCUT2D eigenvalue weighted by molar-refractivity contribution is 5.70. The molecular formula is C8H14O3. The van der Waals surface area contributed by atoms with Crippen LogP contribution in [0.25, 0.3) is 0 Å². The van der Waals surface area contributed by atoms with Gasteiger partial charge in [0.15, 0.2) is 0 Å². The van der Waals surface area contributed by atoms with E-state index >= 15 is 0 Å². The van der Waals surface area contributed by atoms with Gasteiger partial charge in [-0.15, -0.1) is 0 Å².